The van der Waals surface area contributed by atoms with Gasteiger partial charge in [-0.15, -0.1) is 0 Å². The van der Waals surface area contributed by atoms with E-state index in [2.05, 4.69) is 248 Å². The van der Waals surface area contributed by atoms with Gasteiger partial charge in [0.15, 0.2) is 16.6 Å². The number of aryl methyl sites for hydroxylation is 7. The van der Waals surface area contributed by atoms with Crippen LogP contribution in [0.1, 0.15) is 138 Å². The number of unbranched alkanes of at least 4 members (excludes halogenated alkanes) is 1. The number of benzene rings is 6. The van der Waals surface area contributed by atoms with Crippen LogP contribution in [0.3, 0.4) is 0 Å². The molecule has 356 valence electrons. The molecule has 0 unspecified atom stereocenters. The van der Waals surface area contributed by atoms with Crippen LogP contribution in [0.25, 0.3) is 11.1 Å². The maximum absolute atomic E-state index is 6.66. The standard InChI is InChI=1S/C18H34OSi2.C16H18.C14H14.C11H16.3CH4/c1-7-8-15-20(3,4)19-21(5,6)16-9-10-18-13-11-17(2)12-14-18;1-12-4-8-15(9-5-12)14(3)16-10-6-13(2)7-11-16;1-11-3-7-13(8-4-11)14-9-5-12(2)6-10-14;1-9-5-7-10(8-6-9)11(2,3)4;;;/h11-14H,7-10,15-16H2,1-6H3;4-11,14H,1-3H3;3-10H,1-2H3;5-8H,1-4H3;3*1H4. The van der Waals surface area contributed by atoms with Gasteiger partial charge in [-0.1, -0.05) is 249 Å². The van der Waals surface area contributed by atoms with E-state index < -0.39 is 16.6 Å². The van der Waals surface area contributed by atoms with E-state index in [1.807, 2.05) is 0 Å². The van der Waals surface area contributed by atoms with Gasteiger partial charge >= 0.3 is 0 Å². The molecule has 6 aromatic carbocycles. The Hall–Kier alpha value is -4.29. The smallest absolute Gasteiger partial charge is 0.173 e. The minimum Gasteiger partial charge on any atom is -0.455 e. The summed E-state index contributed by atoms with van der Waals surface area (Å²) in [4.78, 5) is 0. The predicted molar refractivity (Wildman–Crippen MR) is 301 cm³/mol. The molecule has 6 aromatic rings. The maximum Gasteiger partial charge on any atom is 0.173 e. The van der Waals surface area contributed by atoms with Crippen LogP contribution in [0.2, 0.25) is 38.3 Å². The second-order valence-corrected chi connectivity index (χ2v) is 28.8. The van der Waals surface area contributed by atoms with Gasteiger partial charge < -0.3 is 4.12 Å². The van der Waals surface area contributed by atoms with E-state index in [1.165, 1.54) is 105 Å². The Labute approximate surface area is 404 Å². The van der Waals surface area contributed by atoms with Gasteiger partial charge in [-0.25, -0.2) is 0 Å². The number of rotatable bonds is 12. The fourth-order valence-electron chi connectivity index (χ4n) is 7.37. The highest BCUT2D eigenvalue weighted by atomic mass is 28.4. The average Bonchev–Trinajstić information content (AvgIpc) is 3.22. The highest BCUT2D eigenvalue weighted by Gasteiger charge is 2.32. The molecule has 0 spiro atoms. The lowest BCUT2D eigenvalue weighted by atomic mass is 9.87. The molecular formula is C62H94OSi2. The van der Waals surface area contributed by atoms with Gasteiger partial charge in [0.1, 0.15) is 0 Å². The van der Waals surface area contributed by atoms with Crippen molar-refractivity contribution in [2.75, 3.05) is 0 Å². The SMILES string of the molecule is C.C.C.CCCC[Si](C)(C)O[Si](C)(C)CCCc1ccc(C)cc1.Cc1ccc(-c2ccc(C)cc2)cc1.Cc1ccc(C(C)(C)C)cc1.Cc1ccc(C(C)c2ccc(C)cc2)cc1. The van der Waals surface area contributed by atoms with Crippen molar-refractivity contribution in [3.05, 3.63) is 201 Å². The van der Waals surface area contributed by atoms with Crippen molar-refractivity contribution < 1.29 is 4.12 Å². The van der Waals surface area contributed by atoms with E-state index >= 15 is 0 Å². The number of hydrogen-bond acceptors (Lipinski definition) is 1. The Bertz CT molecular complexity index is 2030. The molecule has 0 atom stereocenters. The minimum absolute atomic E-state index is 0. The largest absolute Gasteiger partial charge is 0.455 e. The van der Waals surface area contributed by atoms with Crippen LogP contribution in [-0.4, -0.2) is 16.6 Å². The number of hydrogen-bond donors (Lipinski definition) is 0. The average molecular weight is 912 g/mol. The molecule has 0 saturated carbocycles. The molecule has 0 heterocycles. The Morgan fingerprint density at radius 1 is 0.431 bits per heavy atom. The van der Waals surface area contributed by atoms with E-state index in [-0.39, 0.29) is 27.7 Å². The molecular weight excluding hydrogens is 817 g/mol. The normalized spacial score (nSPS) is 10.9. The maximum atomic E-state index is 6.66. The van der Waals surface area contributed by atoms with Crippen molar-refractivity contribution >= 4 is 16.6 Å². The molecule has 0 saturated heterocycles. The molecule has 0 aliphatic heterocycles. The first-order chi connectivity index (χ1) is 29.2. The third kappa shape index (κ3) is 23.6. The summed E-state index contributed by atoms with van der Waals surface area (Å²) in [6.07, 6.45) is 5.07. The van der Waals surface area contributed by atoms with Crippen molar-refractivity contribution in [1.82, 2.24) is 0 Å². The molecule has 0 radical (unpaired) electrons. The van der Waals surface area contributed by atoms with Crippen LogP contribution in [0.4, 0.5) is 0 Å². The Balaban J connectivity index is 0.000000846. The molecule has 0 aliphatic rings. The molecule has 0 fully saturated rings. The lowest BCUT2D eigenvalue weighted by Crippen LogP contribution is -2.44. The molecule has 0 amide bonds. The Morgan fingerprint density at radius 2 is 0.723 bits per heavy atom. The second kappa shape index (κ2) is 29.4. The van der Waals surface area contributed by atoms with E-state index in [4.69, 9.17) is 4.12 Å². The van der Waals surface area contributed by atoms with Crippen LogP contribution >= 0.6 is 0 Å². The van der Waals surface area contributed by atoms with Gasteiger partial charge in [0, 0.05) is 5.92 Å². The summed E-state index contributed by atoms with van der Waals surface area (Å²) >= 11 is 0. The third-order valence-electron chi connectivity index (χ3n) is 11.6. The fourth-order valence-corrected chi connectivity index (χ4v) is 16.4. The van der Waals surface area contributed by atoms with Crippen LogP contribution in [0, 0.1) is 41.5 Å². The zero-order valence-electron chi connectivity index (χ0n) is 41.6. The van der Waals surface area contributed by atoms with Crippen molar-refractivity contribution in [3.8, 4) is 11.1 Å². The van der Waals surface area contributed by atoms with Crippen molar-refractivity contribution in [2.24, 2.45) is 0 Å². The van der Waals surface area contributed by atoms with Gasteiger partial charge in [0.25, 0.3) is 0 Å². The molecule has 65 heavy (non-hydrogen) atoms. The molecule has 3 heteroatoms. The monoisotopic (exact) mass is 911 g/mol. The second-order valence-electron chi connectivity index (χ2n) is 20.0. The van der Waals surface area contributed by atoms with Crippen molar-refractivity contribution in [3.63, 3.8) is 0 Å². The van der Waals surface area contributed by atoms with Crippen LogP contribution < -0.4 is 0 Å². The molecule has 0 bridgehead atoms. The summed E-state index contributed by atoms with van der Waals surface area (Å²) in [7, 11) is -2.93. The summed E-state index contributed by atoms with van der Waals surface area (Å²) in [5.74, 6) is 0.473. The summed E-state index contributed by atoms with van der Waals surface area (Å²) < 4.78 is 6.66. The highest BCUT2D eigenvalue weighted by molar-refractivity contribution is 6.84. The van der Waals surface area contributed by atoms with Gasteiger partial charge in [-0.3, -0.25) is 0 Å². The third-order valence-corrected chi connectivity index (χ3v) is 19.1. The first kappa shape index (κ1) is 60.7. The van der Waals surface area contributed by atoms with Crippen LogP contribution in [-0.2, 0) is 16.0 Å². The van der Waals surface area contributed by atoms with Crippen LogP contribution in [0.15, 0.2) is 146 Å². The van der Waals surface area contributed by atoms with E-state index in [0.29, 0.717) is 5.92 Å². The van der Waals surface area contributed by atoms with Gasteiger partial charge in [-0.05, 0) is 131 Å². The first-order valence-electron chi connectivity index (χ1n) is 23.3. The predicted octanol–water partition coefficient (Wildman–Crippen LogP) is 19.8. The Morgan fingerprint density at radius 3 is 1.05 bits per heavy atom. The topological polar surface area (TPSA) is 9.23 Å². The first-order valence-corrected chi connectivity index (χ1v) is 29.5. The summed E-state index contributed by atoms with van der Waals surface area (Å²) in [5.41, 5.74) is 16.4. The zero-order valence-corrected chi connectivity index (χ0v) is 43.6. The van der Waals surface area contributed by atoms with Gasteiger partial charge in [0.2, 0.25) is 0 Å². The van der Waals surface area contributed by atoms with Crippen LogP contribution in [0.5, 0.6) is 0 Å². The van der Waals surface area contributed by atoms with Crippen molar-refractivity contribution in [1.29, 1.82) is 0 Å². The molecule has 1 nitrogen and oxygen atoms in total. The fraction of sp³-hybridized carbons (Fsp3) is 0.419. The molecule has 0 aromatic heterocycles. The van der Waals surface area contributed by atoms with Gasteiger partial charge in [-0.2, -0.15) is 0 Å². The quantitative estimate of drug-likeness (QED) is 0.111. The van der Waals surface area contributed by atoms with E-state index in [1.54, 1.807) is 0 Å². The lowest BCUT2D eigenvalue weighted by molar-refractivity contribution is 0.529. The minimum atomic E-state index is -1.49. The molecule has 6 rings (SSSR count). The lowest BCUT2D eigenvalue weighted by Gasteiger charge is -2.34. The molecule has 0 N–H and O–H groups in total. The molecule has 0 aliphatic carbocycles. The van der Waals surface area contributed by atoms with Gasteiger partial charge in [0.05, 0.1) is 0 Å². The van der Waals surface area contributed by atoms with Crippen molar-refractivity contribution in [2.45, 2.75) is 174 Å². The van der Waals surface area contributed by atoms with E-state index in [9.17, 15) is 0 Å². The summed E-state index contributed by atoms with van der Waals surface area (Å²) in [6, 6.07) is 55.2. The van der Waals surface area contributed by atoms with E-state index in [0.717, 1.165) is 0 Å². The zero-order chi connectivity index (χ0) is 45.9. The highest BCUT2D eigenvalue weighted by Crippen LogP contribution is 2.27. The summed E-state index contributed by atoms with van der Waals surface area (Å²) in [5, 5.41) is 0. The Kier molecular flexibility index (Phi) is 27.4. The summed E-state index contributed by atoms with van der Waals surface area (Å²) in [6.45, 7) is 33.6.